The molecule has 4 heteroatoms. The van der Waals surface area contributed by atoms with Crippen LogP contribution in [0.1, 0.15) is 137 Å². The quantitative estimate of drug-likeness (QED) is 0.160. The maximum absolute atomic E-state index is 6.75. The van der Waals surface area contributed by atoms with Gasteiger partial charge in [-0.3, -0.25) is 0 Å². The molecule has 0 bridgehead atoms. The highest BCUT2D eigenvalue weighted by atomic mass is 15.1. The number of allylic oxidation sites excluding steroid dienone is 15. The normalized spacial score (nSPS) is 22.1. The van der Waals surface area contributed by atoms with Gasteiger partial charge in [-0.25, -0.2) is 0 Å². The molecule has 78 heavy (non-hydrogen) atoms. The van der Waals surface area contributed by atoms with Crippen LogP contribution >= 0.6 is 0 Å². The SMILES string of the molecule is [B]c1ccc(N2C/C(=C\C=C3/C(=C)c4cc5c(cc4C3(C)C)C(C)(C)CCC5(C)C)[B]c3c(-c4cccc5c4NC4=C(CCC=C4)C5(C4=CC=CCC4)c4ccccc4)cc(-c4c(C)cccc4C)cc32)c(C2=CC=CC2)c1. The van der Waals surface area contributed by atoms with Crippen LogP contribution in [-0.4, -0.2) is 21.7 Å². The van der Waals surface area contributed by atoms with Gasteiger partial charge in [0.1, 0.15) is 7.85 Å². The van der Waals surface area contributed by atoms with Crippen LogP contribution in [0.25, 0.3) is 33.4 Å². The number of hydrogen-bond donors (Lipinski definition) is 1. The molecule has 3 radical (unpaired) electrons. The summed E-state index contributed by atoms with van der Waals surface area (Å²) >= 11 is 0. The topological polar surface area (TPSA) is 15.3 Å². The van der Waals surface area contributed by atoms with E-state index in [0.717, 1.165) is 48.8 Å². The highest BCUT2D eigenvalue weighted by molar-refractivity contribution is 6.66. The maximum Gasteiger partial charge on any atom is 0.191 e. The van der Waals surface area contributed by atoms with Gasteiger partial charge in [-0.15, -0.1) is 0 Å². The van der Waals surface area contributed by atoms with E-state index in [-0.39, 0.29) is 16.2 Å². The Bertz CT molecular complexity index is 3800. The lowest BCUT2D eigenvalue weighted by Crippen LogP contribution is -2.40. The Hall–Kier alpha value is -7.29. The van der Waals surface area contributed by atoms with E-state index in [0.29, 0.717) is 6.54 Å². The van der Waals surface area contributed by atoms with Crippen molar-refractivity contribution in [3.05, 3.63) is 254 Å². The lowest BCUT2D eigenvalue weighted by atomic mass is 9.56. The second kappa shape index (κ2) is 18.7. The molecule has 6 aromatic carbocycles. The van der Waals surface area contributed by atoms with Crippen LogP contribution in [0.4, 0.5) is 17.1 Å². The Balaban J connectivity index is 1.06. The van der Waals surface area contributed by atoms with Crippen molar-refractivity contribution in [2.24, 2.45) is 0 Å². The molecule has 2 aliphatic heterocycles. The summed E-state index contributed by atoms with van der Waals surface area (Å²) in [6, 6.07) is 41.8. The fourth-order valence-electron chi connectivity index (χ4n) is 14.9. The molecule has 2 nitrogen and oxygen atoms in total. The first kappa shape index (κ1) is 50.2. The van der Waals surface area contributed by atoms with E-state index in [2.05, 4.69) is 243 Å². The van der Waals surface area contributed by atoms with Gasteiger partial charge in [0.05, 0.1) is 11.1 Å². The molecular weight excluding hydrogens is 938 g/mol. The molecule has 6 aromatic rings. The van der Waals surface area contributed by atoms with Crippen molar-refractivity contribution in [1.29, 1.82) is 0 Å². The summed E-state index contributed by atoms with van der Waals surface area (Å²) in [4.78, 5) is 2.59. The average Bonchev–Trinajstić information content (AvgIpc) is 4.08. The minimum atomic E-state index is -0.444. The molecule has 0 spiro atoms. The molecule has 1 unspecified atom stereocenters. The second-order valence-corrected chi connectivity index (χ2v) is 25.2. The maximum atomic E-state index is 6.75. The van der Waals surface area contributed by atoms with Gasteiger partial charge in [-0.05, 0) is 177 Å². The van der Waals surface area contributed by atoms with E-state index in [1.807, 2.05) is 0 Å². The molecule has 1 atom stereocenters. The third-order valence-corrected chi connectivity index (χ3v) is 19.1. The molecule has 0 aromatic heterocycles. The fourth-order valence-corrected chi connectivity index (χ4v) is 14.9. The van der Waals surface area contributed by atoms with Gasteiger partial charge in [0.25, 0.3) is 0 Å². The zero-order valence-corrected chi connectivity index (χ0v) is 47.1. The molecule has 0 amide bonds. The molecule has 2 heterocycles. The van der Waals surface area contributed by atoms with Crippen molar-refractivity contribution in [2.45, 2.75) is 122 Å². The second-order valence-electron chi connectivity index (χ2n) is 25.2. The molecule has 0 fully saturated rings. The molecule has 0 saturated carbocycles. The Morgan fingerprint density at radius 2 is 1.40 bits per heavy atom. The van der Waals surface area contributed by atoms with Gasteiger partial charge < -0.3 is 10.2 Å². The van der Waals surface area contributed by atoms with E-state index in [9.17, 15) is 0 Å². The van der Waals surface area contributed by atoms with E-state index in [4.69, 9.17) is 14.4 Å². The zero-order chi connectivity index (χ0) is 53.9. The van der Waals surface area contributed by atoms with Crippen molar-refractivity contribution in [2.75, 3.05) is 16.8 Å². The summed E-state index contributed by atoms with van der Waals surface area (Å²) in [5, 5.41) is 4.20. The molecule has 0 saturated heterocycles. The first-order valence-corrected chi connectivity index (χ1v) is 28.7. The first-order chi connectivity index (χ1) is 37.6. The number of rotatable bonds is 7. The van der Waals surface area contributed by atoms with Crippen molar-refractivity contribution in [3.8, 4) is 22.3 Å². The summed E-state index contributed by atoms with van der Waals surface area (Å²) in [6.45, 7) is 24.7. The number of nitrogens with zero attached hydrogens (tertiary/aromatic N) is 1. The van der Waals surface area contributed by atoms with Crippen LogP contribution < -0.4 is 21.1 Å². The number of anilines is 3. The Morgan fingerprint density at radius 1 is 0.654 bits per heavy atom. The van der Waals surface area contributed by atoms with Gasteiger partial charge in [0.2, 0.25) is 0 Å². The van der Waals surface area contributed by atoms with Crippen molar-refractivity contribution in [1.82, 2.24) is 0 Å². The van der Waals surface area contributed by atoms with Crippen LogP contribution in [0.2, 0.25) is 0 Å². The highest BCUT2D eigenvalue weighted by Gasteiger charge is 2.48. The highest BCUT2D eigenvalue weighted by Crippen LogP contribution is 2.58. The molecule has 13 rings (SSSR count). The van der Waals surface area contributed by atoms with Gasteiger partial charge in [-0.1, -0.05) is 216 Å². The Labute approximate surface area is 467 Å². The summed E-state index contributed by atoms with van der Waals surface area (Å²) < 4.78 is 0. The number of benzene rings is 6. The lowest BCUT2D eigenvalue weighted by molar-refractivity contribution is 0.331. The van der Waals surface area contributed by atoms with Crippen LogP contribution in [0.3, 0.4) is 0 Å². The van der Waals surface area contributed by atoms with E-state index in [1.54, 1.807) is 0 Å². The van der Waals surface area contributed by atoms with Crippen LogP contribution in [0.5, 0.6) is 0 Å². The molecule has 383 valence electrons. The van der Waals surface area contributed by atoms with Crippen molar-refractivity contribution >= 4 is 54.3 Å². The number of fused-ring (bicyclic) bond motifs is 4. The summed E-state index contributed by atoms with van der Waals surface area (Å²) in [5.41, 5.74) is 31.0. The van der Waals surface area contributed by atoms with Gasteiger partial charge in [0, 0.05) is 40.2 Å². The van der Waals surface area contributed by atoms with Gasteiger partial charge in [-0.2, -0.15) is 0 Å². The monoisotopic (exact) mass is 1010 g/mol. The third kappa shape index (κ3) is 7.90. The van der Waals surface area contributed by atoms with Crippen LogP contribution in [-0.2, 0) is 21.7 Å². The van der Waals surface area contributed by atoms with Gasteiger partial charge >= 0.3 is 0 Å². The predicted molar refractivity (Wildman–Crippen MR) is 335 cm³/mol. The van der Waals surface area contributed by atoms with Crippen LogP contribution in [0, 0.1) is 13.8 Å². The van der Waals surface area contributed by atoms with Crippen molar-refractivity contribution < 1.29 is 0 Å². The average molecular weight is 1010 g/mol. The molecule has 5 aliphatic carbocycles. The van der Waals surface area contributed by atoms with Crippen LogP contribution in [0.15, 0.2) is 204 Å². The number of para-hydroxylation sites is 1. The number of hydrogen-bond acceptors (Lipinski definition) is 2. The minimum Gasteiger partial charge on any atom is -0.355 e. The molecular formula is C74H71B2N2. The Kier molecular flexibility index (Phi) is 12.0. The Morgan fingerprint density at radius 3 is 2.14 bits per heavy atom. The summed E-state index contributed by atoms with van der Waals surface area (Å²) in [7, 11) is 9.26. The summed E-state index contributed by atoms with van der Waals surface area (Å²) in [5.74, 6) is 0. The molecule has 1 N–H and O–H groups in total. The van der Waals surface area contributed by atoms with E-state index < -0.39 is 5.41 Å². The molecule has 7 aliphatic rings. The number of aryl methyl sites for hydroxylation is 2. The van der Waals surface area contributed by atoms with Crippen molar-refractivity contribution in [3.63, 3.8) is 0 Å². The fraction of sp³-hybridized carbons (Fsp3) is 0.270. The number of nitrogens with one attached hydrogen (secondary N) is 1. The first-order valence-electron chi connectivity index (χ1n) is 28.7. The minimum absolute atomic E-state index is 0.112. The largest absolute Gasteiger partial charge is 0.355 e. The van der Waals surface area contributed by atoms with E-state index >= 15 is 0 Å². The summed E-state index contributed by atoms with van der Waals surface area (Å²) in [6.07, 6.45) is 30.6. The third-order valence-electron chi connectivity index (χ3n) is 19.1. The zero-order valence-electron chi connectivity index (χ0n) is 47.1. The van der Waals surface area contributed by atoms with Gasteiger partial charge in [0.15, 0.2) is 7.28 Å². The standard InChI is InChI=1S/C74H71B2N2/c1-46-22-20-23-47(2)68(46)50-40-58(55-30-21-32-61-70(55)77-65-33-19-18-31-60(65)74(61,51-26-12-10-13-27-51)52-28-14-11-15-29-52)69-67(41-50)78(66-37-34-53(75)42-57(66)49-24-16-17-25-49)45-54(76-69)35-36-59-48(3)56-43-63-64(44-62(56)73(59,8)9)72(6,7)39-38-71(63,4)5/h10-14,16-17,19-24,26-28,30,32-37,40-44,77H,3,15,18,25,29,31,38-39,45H2,1-2,4-9H3/b54-35+,59-36+. The smallest absolute Gasteiger partial charge is 0.191 e. The lowest BCUT2D eigenvalue weighted by Gasteiger charge is -2.47. The predicted octanol–water partition coefficient (Wildman–Crippen LogP) is 17.0. The van der Waals surface area contributed by atoms with E-state index in [1.165, 1.54) is 135 Å².